The molecule has 0 aromatic carbocycles. The summed E-state index contributed by atoms with van der Waals surface area (Å²) >= 11 is -3.79. The van der Waals surface area contributed by atoms with Crippen molar-refractivity contribution in [3.05, 3.63) is 60.7 Å². The Hall–Kier alpha value is -2.66. The van der Waals surface area contributed by atoms with Crippen molar-refractivity contribution in [1.29, 1.82) is 0 Å². The normalized spacial score (nSPS) is 13.8. The van der Waals surface area contributed by atoms with Gasteiger partial charge in [-0.2, -0.15) is 0 Å². The van der Waals surface area contributed by atoms with E-state index < -0.39 is 72.5 Å². The molecule has 136 valence electrons. The van der Waals surface area contributed by atoms with E-state index in [1.54, 1.807) is 0 Å². The Bertz CT molecular complexity index is 524. The maximum atomic E-state index is 10.9. The van der Waals surface area contributed by atoms with Crippen LogP contribution in [0.25, 0.3) is 0 Å². The van der Waals surface area contributed by atoms with Crippen LogP contribution in [0.15, 0.2) is 0 Å². The van der Waals surface area contributed by atoms with Crippen LogP contribution in [0.1, 0.15) is 13.8 Å². The maximum absolute atomic E-state index is 10.9. The van der Waals surface area contributed by atoms with Crippen LogP contribution in [-0.2, 0) is 24.6 Å². The van der Waals surface area contributed by atoms with Gasteiger partial charge in [0.2, 0.25) is 0 Å². The molecule has 0 aliphatic rings. The third-order valence-electron chi connectivity index (χ3n) is 3.64. The first-order chi connectivity index (χ1) is 11.2. The molecule has 2 unspecified atom stereocenters. The Morgan fingerprint density at radius 2 is 0.720 bits per heavy atom. The van der Waals surface area contributed by atoms with Gasteiger partial charge in [0.25, 0.3) is 0 Å². The fourth-order valence-corrected chi connectivity index (χ4v) is 12.4. The van der Waals surface area contributed by atoms with Gasteiger partial charge in [0.1, 0.15) is 0 Å². The molecular weight excluding hydrogens is 549 g/mol. The van der Waals surface area contributed by atoms with Crippen molar-refractivity contribution in [2.45, 2.75) is 32.3 Å². The van der Waals surface area contributed by atoms with Gasteiger partial charge in [0.15, 0.2) is 0 Å². The van der Waals surface area contributed by atoms with Crippen molar-refractivity contribution in [2.24, 2.45) is 0 Å². The third kappa shape index (κ3) is 3.28. The van der Waals surface area contributed by atoms with E-state index in [2.05, 4.69) is 0 Å². The van der Waals surface area contributed by atoms with Crippen LogP contribution in [0.5, 0.6) is 0 Å². The molecule has 0 bridgehead atoms. The predicted molar refractivity (Wildman–Crippen MR) is 66.3 cm³/mol. The minimum absolute atomic E-state index is 0.664. The quantitative estimate of drug-likeness (QED) is 0.145. The van der Waals surface area contributed by atoms with Gasteiger partial charge in [0, 0.05) is 0 Å². The van der Waals surface area contributed by atoms with Gasteiger partial charge in [0.05, 0.1) is 0 Å². The summed E-state index contributed by atoms with van der Waals surface area (Å²) < 4.78 is -4.08. The Labute approximate surface area is 147 Å². The SMILES string of the molecule is C[CH]([Hg][CH](C)C([N+](=O)[O-])([N+](=O)[O-])[N+](=O)[O-])C([N+](=O)[O-])([N+](=O)[O-])[N+](=O)[O-]. The summed E-state index contributed by atoms with van der Waals surface area (Å²) in [4.78, 5) is 54.7. The van der Waals surface area contributed by atoms with E-state index in [1.165, 1.54) is 0 Å². The fraction of sp³-hybridized carbons (Fsp3) is 1.00. The average Bonchev–Trinajstić information content (AvgIpc) is 2.36. The number of rotatable bonds is 10. The molecule has 0 N–H and O–H groups in total. The molecule has 18 nitrogen and oxygen atoms in total. The summed E-state index contributed by atoms with van der Waals surface area (Å²) in [7, 11) is 0. The first-order valence-corrected chi connectivity index (χ1v) is 12.4. The molecule has 0 heterocycles. The summed E-state index contributed by atoms with van der Waals surface area (Å²) in [6, 6.07) is 0. The van der Waals surface area contributed by atoms with Gasteiger partial charge in [-0.3, -0.25) is 0 Å². The van der Waals surface area contributed by atoms with Crippen molar-refractivity contribution in [3.8, 4) is 0 Å². The molecule has 0 aliphatic carbocycles. The zero-order chi connectivity index (χ0) is 20.3. The molecule has 0 saturated carbocycles. The number of nitro groups is 6. The van der Waals surface area contributed by atoms with Crippen LogP contribution in [0.2, 0.25) is 6.85 Å². The van der Waals surface area contributed by atoms with Crippen molar-refractivity contribution in [1.82, 2.24) is 0 Å². The summed E-state index contributed by atoms with van der Waals surface area (Å²) in [6.07, 6.45) is 0. The fourth-order valence-electron chi connectivity index (χ4n) is 2.33. The van der Waals surface area contributed by atoms with E-state index >= 15 is 0 Å². The van der Waals surface area contributed by atoms with Crippen LogP contribution in [0.3, 0.4) is 0 Å². The van der Waals surface area contributed by atoms with Gasteiger partial charge in [-0.15, -0.1) is 0 Å². The van der Waals surface area contributed by atoms with E-state index in [1.807, 2.05) is 0 Å². The summed E-state index contributed by atoms with van der Waals surface area (Å²) in [5.41, 5.74) is 0. The summed E-state index contributed by atoms with van der Waals surface area (Å²) in [5, 5.41) is 65.6. The number of hydrogen-bond acceptors (Lipinski definition) is 12. The predicted octanol–water partition coefficient (Wildman–Crippen LogP) is -0.346. The third-order valence-corrected chi connectivity index (χ3v) is 13.4. The average molecular weight is 557 g/mol. The Morgan fingerprint density at radius 3 is 0.840 bits per heavy atom. The van der Waals surface area contributed by atoms with Crippen LogP contribution in [-0.4, -0.2) is 41.1 Å². The Morgan fingerprint density at radius 1 is 0.560 bits per heavy atom. The minimum atomic E-state index is -3.98. The number of hydrogen-bond donors (Lipinski definition) is 0. The van der Waals surface area contributed by atoms with Crippen LogP contribution in [0, 0.1) is 60.7 Å². The molecule has 0 aromatic heterocycles. The van der Waals surface area contributed by atoms with Gasteiger partial charge in [-0.25, -0.2) is 0 Å². The molecule has 0 saturated heterocycles. The van der Waals surface area contributed by atoms with Crippen molar-refractivity contribution < 1.29 is 54.1 Å². The van der Waals surface area contributed by atoms with Crippen molar-refractivity contribution in [2.75, 3.05) is 0 Å². The van der Waals surface area contributed by atoms with E-state index in [4.69, 9.17) is 0 Å². The monoisotopic (exact) mass is 558 g/mol. The van der Waals surface area contributed by atoms with E-state index in [-0.39, 0.29) is 0 Å². The first-order valence-electron chi connectivity index (χ1n) is 6.08. The van der Waals surface area contributed by atoms with Crippen LogP contribution < -0.4 is 0 Å². The van der Waals surface area contributed by atoms with Gasteiger partial charge < -0.3 is 0 Å². The Kier molecular flexibility index (Phi) is 6.69. The van der Waals surface area contributed by atoms with Gasteiger partial charge in [-0.05, 0) is 0 Å². The van der Waals surface area contributed by atoms with E-state index in [0.717, 1.165) is 0 Å². The molecule has 0 amide bonds. The summed E-state index contributed by atoms with van der Waals surface area (Å²) in [5.74, 6) is -7.96. The molecule has 0 aromatic rings. The number of nitrogens with zero attached hydrogens (tertiary/aromatic N) is 6. The zero-order valence-electron chi connectivity index (χ0n) is 12.4. The van der Waals surface area contributed by atoms with E-state index in [0.29, 0.717) is 13.8 Å². The molecule has 0 rings (SSSR count). The molecule has 0 spiro atoms. The topological polar surface area (TPSA) is 259 Å². The van der Waals surface area contributed by atoms with Gasteiger partial charge in [-0.1, -0.05) is 0 Å². The Balaban J connectivity index is 6.20. The molecule has 0 aliphatic heterocycles. The molecule has 19 heteroatoms. The molecule has 2 atom stereocenters. The van der Waals surface area contributed by atoms with Crippen molar-refractivity contribution in [3.63, 3.8) is 0 Å². The second-order valence-corrected chi connectivity index (χ2v) is 16.3. The zero-order valence-corrected chi connectivity index (χ0v) is 17.9. The molecular formula is C6H8HgN6O12. The van der Waals surface area contributed by atoms with E-state index in [9.17, 15) is 60.7 Å². The first kappa shape index (κ1) is 22.3. The van der Waals surface area contributed by atoms with Crippen molar-refractivity contribution >= 4 is 0 Å². The standard InChI is InChI=1S/2C3H4N3O6.Hg/c2*1-2-3(4(7)8,5(9)10)6(11)12;/h2*2H,1H3;. The van der Waals surface area contributed by atoms with Crippen LogP contribution >= 0.6 is 0 Å². The van der Waals surface area contributed by atoms with Gasteiger partial charge >= 0.3 is 147 Å². The molecule has 25 heavy (non-hydrogen) atoms. The molecule has 0 fully saturated rings. The summed E-state index contributed by atoms with van der Waals surface area (Å²) in [6.45, 7) is 1.33. The van der Waals surface area contributed by atoms with Crippen LogP contribution in [0.4, 0.5) is 0 Å². The molecule has 0 radical (unpaired) electrons. The second kappa shape index (κ2) is 7.48. The second-order valence-electron chi connectivity index (χ2n) is 4.96.